The van der Waals surface area contributed by atoms with E-state index in [0.29, 0.717) is 43.8 Å². The molecule has 408 valence electrons. The van der Waals surface area contributed by atoms with E-state index in [-0.39, 0.29) is 56.4 Å². The SMILES string of the molecule is CCC1OC(=O)[C@H](C)[C@@H](O[C@H]2C[C@@](C)(OC)[C@@H](O)[C@H](C)O2)[C@H](C)[C@@H](O[C@H]2C[C@@H](N(C)CCc3cc(OCC4CN(c5cccc(F)c5)C(=O)O4)no3)C[C@@H](C)O2)[C@](C)(O)C[C@@H](C)CN(C)[C@H](C)[C@@H](O)[C@]1(C)O. The maximum atomic E-state index is 14.5. The molecule has 0 saturated carbocycles. The quantitative estimate of drug-likeness (QED) is 0.181. The summed E-state index contributed by atoms with van der Waals surface area (Å²) in [6.07, 6.45) is -7.01. The summed E-state index contributed by atoms with van der Waals surface area (Å²) in [4.78, 5) is 32.5. The number of cyclic esters (lactones) is 2. The molecule has 6 rings (SSSR count). The highest BCUT2D eigenvalue weighted by molar-refractivity contribution is 5.89. The number of ether oxygens (including phenoxy) is 8. The second kappa shape index (κ2) is 24.0. The molecule has 4 N–H and O–H groups in total. The minimum atomic E-state index is -1.82. The molecule has 20 heteroatoms. The molecule has 0 spiro atoms. The molecule has 4 saturated heterocycles. The number of likely N-dealkylation sites (N-methyl/N-ethyl adjacent to an activating group) is 2. The van der Waals surface area contributed by atoms with E-state index in [1.54, 1.807) is 46.8 Å². The summed E-state index contributed by atoms with van der Waals surface area (Å²) in [5, 5.41) is 51.5. The Labute approximate surface area is 424 Å². The zero-order valence-electron chi connectivity index (χ0n) is 44.6. The minimum Gasteiger partial charge on any atom is -0.471 e. The molecule has 2 aromatic rings. The van der Waals surface area contributed by atoms with Gasteiger partial charge < -0.3 is 72.6 Å². The molecule has 0 aliphatic carbocycles. The van der Waals surface area contributed by atoms with Gasteiger partial charge in [0.2, 0.25) is 0 Å². The molecule has 19 nitrogen and oxygen atoms in total. The van der Waals surface area contributed by atoms with Gasteiger partial charge in [0, 0.05) is 63.5 Å². The molecular formula is C52H83FN4O15. The number of carbonyl (C=O) groups excluding carboxylic acids is 2. The highest BCUT2D eigenvalue weighted by Crippen LogP contribution is 2.40. The average Bonchev–Trinajstić information content (AvgIpc) is 3.95. The number of carbonyl (C=O) groups is 2. The fourth-order valence-electron chi connectivity index (χ4n) is 11.2. The normalized spacial score (nSPS) is 40.1. The van der Waals surface area contributed by atoms with Crippen LogP contribution in [-0.2, 0) is 44.4 Å². The minimum absolute atomic E-state index is 0.0199. The number of methoxy groups -OCH3 is 1. The maximum Gasteiger partial charge on any atom is 0.414 e. The standard InChI is InChI=1S/C52H83FN4O15/c1-14-40-52(10,63)45(58)33(6)56(12)26-29(2)24-50(8,62)47(31(4)44(32(5)48(60)69-40)70-43-25-51(9,64-13)46(59)34(7)67-43)71-42-22-37(20-30(3)66-42)55(11)19-18-38-23-41(54-72-38)65-28-39-27-57(49(61)68-39)36-17-15-16-35(53)21-36/h15-17,21,23,29-34,37,39-40,42-47,58-59,62-63H,14,18-20,22,24-28H2,1-13H3/t29-,30-,31+,32-,33-,34+,37+,39?,40?,42+,43+,44+,45-,46+,47-,50-,51-,52-/m1/s1. The van der Waals surface area contributed by atoms with E-state index in [9.17, 15) is 34.4 Å². The Kier molecular flexibility index (Phi) is 19.2. The second-order valence-electron chi connectivity index (χ2n) is 21.9. The van der Waals surface area contributed by atoms with Gasteiger partial charge in [-0.15, -0.1) is 0 Å². The number of esters is 1. The fourth-order valence-corrected chi connectivity index (χ4v) is 11.2. The monoisotopic (exact) mass is 1020 g/mol. The Morgan fingerprint density at radius 1 is 0.931 bits per heavy atom. The molecule has 1 aromatic heterocycles. The predicted octanol–water partition coefficient (Wildman–Crippen LogP) is 5.07. The number of rotatable bonds is 14. The molecule has 0 bridgehead atoms. The van der Waals surface area contributed by atoms with Crippen molar-refractivity contribution >= 4 is 17.7 Å². The molecule has 0 radical (unpaired) electrons. The molecule has 1 aromatic carbocycles. The molecule has 4 aliphatic rings. The Bertz CT molecular complexity index is 2080. The van der Waals surface area contributed by atoms with Crippen molar-refractivity contribution in [1.82, 2.24) is 15.0 Å². The van der Waals surface area contributed by atoms with Gasteiger partial charge in [0.05, 0.1) is 53.8 Å². The molecular weight excluding hydrogens is 940 g/mol. The van der Waals surface area contributed by atoms with Crippen LogP contribution in [0.15, 0.2) is 34.9 Å². The van der Waals surface area contributed by atoms with Gasteiger partial charge in [0.25, 0.3) is 5.88 Å². The van der Waals surface area contributed by atoms with E-state index < -0.39 is 108 Å². The number of hydrogen-bond donors (Lipinski definition) is 4. The van der Waals surface area contributed by atoms with Crippen molar-refractivity contribution in [2.45, 2.75) is 198 Å². The van der Waals surface area contributed by atoms with Crippen molar-refractivity contribution in [2.24, 2.45) is 17.8 Å². The lowest BCUT2D eigenvalue weighted by atomic mass is 9.77. The molecule has 4 fully saturated rings. The number of aliphatic hydroxyl groups is 4. The third-order valence-corrected chi connectivity index (χ3v) is 15.7. The zero-order valence-corrected chi connectivity index (χ0v) is 44.6. The first-order valence-corrected chi connectivity index (χ1v) is 25.7. The van der Waals surface area contributed by atoms with Gasteiger partial charge in [0.1, 0.15) is 42.1 Å². The van der Waals surface area contributed by atoms with Gasteiger partial charge >= 0.3 is 12.1 Å². The number of nitrogens with zero attached hydrogens (tertiary/aromatic N) is 4. The smallest absolute Gasteiger partial charge is 0.414 e. The summed E-state index contributed by atoms with van der Waals surface area (Å²) < 4.78 is 69.2. The Morgan fingerprint density at radius 3 is 2.33 bits per heavy atom. The Hall–Kier alpha value is -3.54. The van der Waals surface area contributed by atoms with Gasteiger partial charge in [0.15, 0.2) is 18.7 Å². The highest BCUT2D eigenvalue weighted by Gasteiger charge is 2.52. The molecule has 4 aliphatic heterocycles. The van der Waals surface area contributed by atoms with E-state index in [2.05, 4.69) is 10.1 Å². The summed E-state index contributed by atoms with van der Waals surface area (Å²) in [5.41, 5.74) is -4.01. The van der Waals surface area contributed by atoms with Crippen LogP contribution < -0.4 is 9.64 Å². The number of anilines is 1. The van der Waals surface area contributed by atoms with Crippen molar-refractivity contribution in [3.63, 3.8) is 0 Å². The van der Waals surface area contributed by atoms with Crippen molar-refractivity contribution in [2.75, 3.05) is 52.3 Å². The van der Waals surface area contributed by atoms with Crippen molar-refractivity contribution in [1.29, 1.82) is 0 Å². The third kappa shape index (κ3) is 13.6. The molecule has 72 heavy (non-hydrogen) atoms. The van der Waals surface area contributed by atoms with E-state index in [4.69, 9.17) is 42.4 Å². The Morgan fingerprint density at radius 2 is 1.65 bits per heavy atom. The second-order valence-corrected chi connectivity index (χ2v) is 21.9. The van der Waals surface area contributed by atoms with Crippen LogP contribution in [0.2, 0.25) is 0 Å². The van der Waals surface area contributed by atoms with E-state index in [1.807, 2.05) is 46.7 Å². The van der Waals surface area contributed by atoms with Gasteiger partial charge in [-0.3, -0.25) is 9.69 Å². The van der Waals surface area contributed by atoms with Gasteiger partial charge in [-0.05, 0) is 111 Å². The predicted molar refractivity (Wildman–Crippen MR) is 261 cm³/mol. The number of halogens is 1. The van der Waals surface area contributed by atoms with E-state index >= 15 is 0 Å². The van der Waals surface area contributed by atoms with Crippen LogP contribution in [0, 0.1) is 23.6 Å². The lowest BCUT2D eigenvalue weighted by molar-refractivity contribution is -0.308. The topological polar surface area (TPSA) is 225 Å². The van der Waals surface area contributed by atoms with Crippen molar-refractivity contribution in [3.05, 3.63) is 41.9 Å². The molecule has 2 unspecified atom stereocenters. The zero-order chi connectivity index (χ0) is 53.0. The summed E-state index contributed by atoms with van der Waals surface area (Å²) in [6.45, 7) is 19.1. The summed E-state index contributed by atoms with van der Waals surface area (Å²) in [7, 11) is 5.38. The number of hydrogen-bond acceptors (Lipinski definition) is 18. The summed E-state index contributed by atoms with van der Waals surface area (Å²) >= 11 is 0. The van der Waals surface area contributed by atoms with Crippen LogP contribution >= 0.6 is 0 Å². The van der Waals surface area contributed by atoms with Gasteiger partial charge in [-0.2, -0.15) is 0 Å². The van der Waals surface area contributed by atoms with Crippen LogP contribution in [0.4, 0.5) is 14.9 Å². The number of aromatic nitrogens is 1. The van der Waals surface area contributed by atoms with E-state index in [0.717, 1.165) is 0 Å². The number of benzene rings is 1. The van der Waals surface area contributed by atoms with Gasteiger partial charge in [-0.25, -0.2) is 9.18 Å². The highest BCUT2D eigenvalue weighted by atomic mass is 19.1. The number of aliphatic hydroxyl groups excluding tert-OH is 2. The summed E-state index contributed by atoms with van der Waals surface area (Å²) in [6, 6.07) is 6.86. The fraction of sp³-hybridized carbons (Fsp3) is 0.788. The third-order valence-electron chi connectivity index (χ3n) is 15.7. The van der Waals surface area contributed by atoms with Gasteiger partial charge in [-0.1, -0.05) is 26.8 Å². The first kappa shape index (κ1) is 57.7. The maximum absolute atomic E-state index is 14.5. The van der Waals surface area contributed by atoms with E-state index in [1.165, 1.54) is 37.1 Å². The van der Waals surface area contributed by atoms with Crippen LogP contribution in [0.5, 0.6) is 5.88 Å². The first-order chi connectivity index (χ1) is 33.8. The van der Waals surface area contributed by atoms with Crippen LogP contribution in [-0.4, -0.2) is 185 Å². The van der Waals surface area contributed by atoms with Crippen LogP contribution in [0.3, 0.4) is 0 Å². The lowest BCUT2D eigenvalue weighted by Crippen LogP contribution is -2.59. The number of amides is 1. The van der Waals surface area contributed by atoms with Crippen molar-refractivity contribution in [3.8, 4) is 5.88 Å². The van der Waals surface area contributed by atoms with Crippen molar-refractivity contribution < 1.29 is 76.8 Å². The molecule has 5 heterocycles. The first-order valence-electron chi connectivity index (χ1n) is 25.7. The largest absolute Gasteiger partial charge is 0.471 e. The van der Waals surface area contributed by atoms with Crippen LogP contribution in [0.1, 0.15) is 107 Å². The lowest BCUT2D eigenvalue weighted by Gasteiger charge is -2.48. The molecule has 1 amide bonds. The molecule has 18 atom stereocenters. The van der Waals surface area contributed by atoms with Crippen LogP contribution in [0.25, 0.3) is 0 Å². The summed E-state index contributed by atoms with van der Waals surface area (Å²) in [5.74, 6) is -2.21. The Balaban J connectivity index is 1.19. The average molecular weight is 1020 g/mol.